The number of hydrogen-bond acceptors (Lipinski definition) is 6. The van der Waals surface area contributed by atoms with Gasteiger partial charge in [-0.15, -0.1) is 10.2 Å². The molecule has 0 radical (unpaired) electrons. The minimum atomic E-state index is -0.116. The summed E-state index contributed by atoms with van der Waals surface area (Å²) in [5.74, 6) is 2.33. The number of rotatable bonds is 8. The minimum absolute atomic E-state index is 0.105. The molecule has 0 aliphatic carbocycles. The number of benzene rings is 2. The van der Waals surface area contributed by atoms with E-state index in [1.165, 1.54) is 17.3 Å². The second-order valence-electron chi connectivity index (χ2n) is 8.09. The van der Waals surface area contributed by atoms with Gasteiger partial charge in [-0.1, -0.05) is 44.7 Å². The van der Waals surface area contributed by atoms with E-state index in [2.05, 4.69) is 48.4 Å². The zero-order valence-electron chi connectivity index (χ0n) is 18.5. The molecule has 1 aromatic heterocycles. The first kappa shape index (κ1) is 22.7. The maximum atomic E-state index is 12.2. The number of carbonyl (C=O) groups excluding carboxylic acids is 1. The molecular weight excluding hydrogens is 412 g/mol. The van der Waals surface area contributed by atoms with Crippen molar-refractivity contribution >= 4 is 23.4 Å². The van der Waals surface area contributed by atoms with Crippen molar-refractivity contribution in [3.63, 3.8) is 0 Å². The molecule has 0 aliphatic rings. The molecule has 1 heterocycles. The number of hydrogen-bond donors (Lipinski definition) is 1. The molecule has 8 heteroatoms. The highest BCUT2D eigenvalue weighted by atomic mass is 32.2. The lowest BCUT2D eigenvalue weighted by molar-refractivity contribution is -0.113. The quantitative estimate of drug-likeness (QED) is 0.522. The van der Waals surface area contributed by atoms with Crippen LogP contribution < -0.4 is 14.8 Å². The highest BCUT2D eigenvalue weighted by Crippen LogP contribution is 2.25. The first-order chi connectivity index (χ1) is 14.8. The lowest BCUT2D eigenvalue weighted by Crippen LogP contribution is -2.14. The van der Waals surface area contributed by atoms with Crippen LogP contribution in [0.5, 0.6) is 11.5 Å². The van der Waals surface area contributed by atoms with Crippen molar-refractivity contribution < 1.29 is 14.3 Å². The number of methoxy groups -OCH3 is 1. The first-order valence-corrected chi connectivity index (χ1v) is 10.9. The molecule has 0 fully saturated rings. The second kappa shape index (κ2) is 9.87. The lowest BCUT2D eigenvalue weighted by Gasteiger charge is -2.19. The maximum Gasteiger partial charge on any atom is 0.234 e. The van der Waals surface area contributed by atoms with E-state index in [0.717, 1.165) is 17.2 Å². The highest BCUT2D eigenvalue weighted by Gasteiger charge is 2.14. The van der Waals surface area contributed by atoms with Crippen molar-refractivity contribution in [3.05, 3.63) is 59.9 Å². The normalized spacial score (nSPS) is 11.3. The van der Waals surface area contributed by atoms with Gasteiger partial charge in [0.05, 0.1) is 12.9 Å². The average Bonchev–Trinajstić information content (AvgIpc) is 3.10. The Morgan fingerprint density at radius 1 is 1.03 bits per heavy atom. The van der Waals surface area contributed by atoms with Crippen molar-refractivity contribution in [2.75, 3.05) is 18.2 Å². The van der Waals surface area contributed by atoms with Gasteiger partial charge in [0.25, 0.3) is 0 Å². The molecule has 0 saturated carbocycles. The molecule has 3 rings (SSSR count). The number of nitrogens with zero attached hydrogens (tertiary/aromatic N) is 3. The van der Waals surface area contributed by atoms with Crippen LogP contribution in [-0.4, -0.2) is 33.5 Å². The SMILES string of the molecule is COc1ccc(NC(=O)CSc2nnc(COc3ccc(C(C)(C)C)cc3)n2C)cc1. The van der Waals surface area contributed by atoms with Crippen molar-refractivity contribution in [2.24, 2.45) is 7.05 Å². The Morgan fingerprint density at radius 3 is 2.29 bits per heavy atom. The summed E-state index contributed by atoms with van der Waals surface area (Å²) in [6, 6.07) is 15.3. The van der Waals surface area contributed by atoms with E-state index in [4.69, 9.17) is 9.47 Å². The van der Waals surface area contributed by atoms with Crippen LogP contribution in [-0.2, 0) is 23.9 Å². The van der Waals surface area contributed by atoms with Crippen LogP contribution in [0.3, 0.4) is 0 Å². The molecule has 3 aromatic rings. The predicted octanol–water partition coefficient (Wildman–Crippen LogP) is 4.43. The molecule has 31 heavy (non-hydrogen) atoms. The van der Waals surface area contributed by atoms with Gasteiger partial charge in [-0.3, -0.25) is 4.79 Å². The summed E-state index contributed by atoms with van der Waals surface area (Å²) in [4.78, 5) is 12.2. The van der Waals surface area contributed by atoms with E-state index >= 15 is 0 Å². The number of carbonyl (C=O) groups is 1. The van der Waals surface area contributed by atoms with Gasteiger partial charge in [0.2, 0.25) is 5.91 Å². The van der Waals surface area contributed by atoms with Crippen molar-refractivity contribution in [2.45, 2.75) is 37.9 Å². The maximum absolute atomic E-state index is 12.2. The van der Waals surface area contributed by atoms with Gasteiger partial charge < -0.3 is 19.4 Å². The Hall–Kier alpha value is -3.00. The van der Waals surface area contributed by atoms with E-state index in [9.17, 15) is 4.79 Å². The highest BCUT2D eigenvalue weighted by molar-refractivity contribution is 7.99. The molecule has 0 atom stereocenters. The minimum Gasteiger partial charge on any atom is -0.497 e. The summed E-state index contributed by atoms with van der Waals surface area (Å²) < 4.78 is 12.8. The zero-order chi connectivity index (χ0) is 22.4. The third kappa shape index (κ3) is 6.24. The number of amides is 1. The molecule has 0 saturated heterocycles. The fraction of sp³-hybridized carbons (Fsp3) is 0.348. The molecule has 0 bridgehead atoms. The van der Waals surface area contributed by atoms with Crippen LogP contribution in [0.15, 0.2) is 53.7 Å². The fourth-order valence-corrected chi connectivity index (χ4v) is 3.53. The smallest absolute Gasteiger partial charge is 0.234 e. The number of thioether (sulfide) groups is 1. The van der Waals surface area contributed by atoms with Gasteiger partial charge in [0.15, 0.2) is 11.0 Å². The molecule has 0 aliphatic heterocycles. The summed E-state index contributed by atoms with van der Waals surface area (Å²) in [5, 5.41) is 11.9. The van der Waals surface area contributed by atoms with E-state index in [0.29, 0.717) is 17.6 Å². The van der Waals surface area contributed by atoms with Crippen LogP contribution in [0.1, 0.15) is 32.2 Å². The van der Waals surface area contributed by atoms with Gasteiger partial charge in [-0.25, -0.2) is 0 Å². The molecular formula is C23H28N4O3S. The van der Waals surface area contributed by atoms with E-state index in [1.54, 1.807) is 31.4 Å². The second-order valence-corrected chi connectivity index (χ2v) is 9.03. The molecule has 0 unspecified atom stereocenters. The van der Waals surface area contributed by atoms with Crippen molar-refractivity contribution in [3.8, 4) is 11.5 Å². The Balaban J connectivity index is 1.50. The Labute approximate surface area is 187 Å². The average molecular weight is 441 g/mol. The molecule has 7 nitrogen and oxygen atoms in total. The fourth-order valence-electron chi connectivity index (χ4n) is 2.80. The van der Waals surface area contributed by atoms with Gasteiger partial charge in [0.1, 0.15) is 18.1 Å². The van der Waals surface area contributed by atoms with E-state index in [-0.39, 0.29) is 17.1 Å². The summed E-state index contributed by atoms with van der Waals surface area (Å²) in [7, 11) is 3.47. The molecule has 1 N–H and O–H groups in total. The third-order valence-electron chi connectivity index (χ3n) is 4.72. The topological polar surface area (TPSA) is 78.3 Å². The van der Waals surface area contributed by atoms with Crippen LogP contribution >= 0.6 is 11.8 Å². The number of nitrogens with one attached hydrogen (secondary N) is 1. The van der Waals surface area contributed by atoms with E-state index < -0.39 is 0 Å². The standard InChI is InChI=1S/C23H28N4O3S/c1-23(2,3)16-6-10-19(11-7-16)30-14-20-25-26-22(27(20)4)31-15-21(28)24-17-8-12-18(29-5)13-9-17/h6-13H,14-15H2,1-5H3,(H,24,28). The lowest BCUT2D eigenvalue weighted by atomic mass is 9.87. The number of anilines is 1. The Morgan fingerprint density at radius 2 is 1.68 bits per heavy atom. The largest absolute Gasteiger partial charge is 0.497 e. The Kier molecular flexibility index (Phi) is 7.22. The van der Waals surface area contributed by atoms with Crippen molar-refractivity contribution in [1.29, 1.82) is 0 Å². The summed E-state index contributed by atoms with van der Waals surface area (Å²) in [6.45, 7) is 6.84. The predicted molar refractivity (Wildman–Crippen MR) is 123 cm³/mol. The molecule has 2 aromatic carbocycles. The molecule has 0 spiro atoms. The third-order valence-corrected chi connectivity index (χ3v) is 5.74. The number of ether oxygens (including phenoxy) is 2. The van der Waals surface area contributed by atoms with Crippen LogP contribution in [0.25, 0.3) is 0 Å². The van der Waals surface area contributed by atoms with Crippen LogP contribution in [0.4, 0.5) is 5.69 Å². The molecule has 164 valence electrons. The summed E-state index contributed by atoms with van der Waals surface area (Å²) in [5.41, 5.74) is 2.08. The van der Waals surface area contributed by atoms with Crippen LogP contribution in [0.2, 0.25) is 0 Å². The van der Waals surface area contributed by atoms with E-state index in [1.807, 2.05) is 23.7 Å². The summed E-state index contributed by atoms with van der Waals surface area (Å²) in [6.07, 6.45) is 0. The Bertz CT molecular complexity index is 1010. The summed E-state index contributed by atoms with van der Waals surface area (Å²) >= 11 is 1.33. The number of aromatic nitrogens is 3. The van der Waals surface area contributed by atoms with Gasteiger partial charge in [0, 0.05) is 12.7 Å². The van der Waals surface area contributed by atoms with Crippen LogP contribution in [0, 0.1) is 0 Å². The first-order valence-electron chi connectivity index (χ1n) is 9.94. The van der Waals surface area contributed by atoms with Gasteiger partial charge in [-0.2, -0.15) is 0 Å². The van der Waals surface area contributed by atoms with Gasteiger partial charge in [-0.05, 0) is 47.4 Å². The molecule has 1 amide bonds. The van der Waals surface area contributed by atoms with Gasteiger partial charge >= 0.3 is 0 Å². The zero-order valence-corrected chi connectivity index (χ0v) is 19.3. The monoisotopic (exact) mass is 440 g/mol. The van der Waals surface area contributed by atoms with Crippen molar-refractivity contribution in [1.82, 2.24) is 14.8 Å².